The molecule has 1 N–H and O–H groups in total. The molecule has 5 rings (SSSR count). The van der Waals surface area contributed by atoms with Crippen molar-refractivity contribution in [3.05, 3.63) is 71.3 Å². The predicted molar refractivity (Wildman–Crippen MR) is 105 cm³/mol. The number of hydrogen-bond acceptors (Lipinski definition) is 2. The van der Waals surface area contributed by atoms with Crippen LogP contribution >= 0.6 is 0 Å². The van der Waals surface area contributed by atoms with Gasteiger partial charge in [-0.3, -0.25) is 4.79 Å². The summed E-state index contributed by atoms with van der Waals surface area (Å²) in [7, 11) is 0. The van der Waals surface area contributed by atoms with E-state index in [4.69, 9.17) is 0 Å². The third-order valence-corrected chi connectivity index (χ3v) is 7.17. The smallest absolute Gasteiger partial charge is 0.226 e. The van der Waals surface area contributed by atoms with Gasteiger partial charge in [0.1, 0.15) is 0 Å². The number of fused-ring (bicyclic) bond motifs is 2. The lowest BCUT2D eigenvalue weighted by Gasteiger charge is -2.41. The molecule has 27 heavy (non-hydrogen) atoms. The van der Waals surface area contributed by atoms with Crippen LogP contribution in [0.2, 0.25) is 0 Å². The maximum absolute atomic E-state index is 13.3. The van der Waals surface area contributed by atoms with Crippen LogP contribution in [-0.4, -0.2) is 29.0 Å². The Morgan fingerprint density at radius 1 is 0.963 bits per heavy atom. The first-order chi connectivity index (χ1) is 13.1. The van der Waals surface area contributed by atoms with E-state index in [0.29, 0.717) is 12.5 Å². The molecule has 0 bridgehead atoms. The van der Waals surface area contributed by atoms with Crippen molar-refractivity contribution in [2.24, 2.45) is 17.8 Å². The Kier molecular flexibility index (Phi) is 4.08. The van der Waals surface area contributed by atoms with Crippen LogP contribution in [0.4, 0.5) is 0 Å². The Bertz CT molecular complexity index is 823. The van der Waals surface area contributed by atoms with Gasteiger partial charge in [0.2, 0.25) is 5.91 Å². The fourth-order valence-electron chi connectivity index (χ4n) is 5.78. The van der Waals surface area contributed by atoms with Gasteiger partial charge < -0.3 is 10.0 Å². The zero-order valence-corrected chi connectivity index (χ0v) is 15.7. The predicted octanol–water partition coefficient (Wildman–Crippen LogP) is 3.55. The third-order valence-electron chi connectivity index (χ3n) is 7.17. The normalized spacial score (nSPS) is 30.2. The molecule has 3 aliphatic rings. The highest BCUT2D eigenvalue weighted by Gasteiger charge is 2.51. The largest absolute Gasteiger partial charge is 0.385 e. The lowest BCUT2D eigenvalue weighted by atomic mass is 9.67. The second-order valence-corrected chi connectivity index (χ2v) is 8.67. The van der Waals surface area contributed by atoms with Crippen molar-refractivity contribution in [1.82, 2.24) is 4.90 Å². The fraction of sp³-hybridized carbons (Fsp3) is 0.458. The van der Waals surface area contributed by atoms with E-state index in [9.17, 15) is 9.90 Å². The Morgan fingerprint density at radius 2 is 1.63 bits per heavy atom. The summed E-state index contributed by atoms with van der Waals surface area (Å²) in [4.78, 5) is 15.3. The van der Waals surface area contributed by atoms with E-state index in [1.165, 1.54) is 11.1 Å². The molecule has 1 heterocycles. The van der Waals surface area contributed by atoms with Crippen molar-refractivity contribution in [1.29, 1.82) is 0 Å². The molecule has 3 atom stereocenters. The fourth-order valence-corrected chi connectivity index (χ4v) is 5.78. The summed E-state index contributed by atoms with van der Waals surface area (Å²) in [5.74, 6) is 0.932. The van der Waals surface area contributed by atoms with Crippen molar-refractivity contribution in [3.63, 3.8) is 0 Å². The molecule has 140 valence electrons. The zero-order chi connectivity index (χ0) is 18.4. The minimum atomic E-state index is -0.794. The lowest BCUT2D eigenvalue weighted by Crippen LogP contribution is -2.43. The molecule has 0 spiro atoms. The second-order valence-electron chi connectivity index (χ2n) is 8.67. The Labute approximate surface area is 161 Å². The maximum atomic E-state index is 13.3. The number of benzene rings is 2. The SMILES string of the molecule is O=C(C1Cc2ccccc2C1)N1C[C@H]2CCC[C@](O)(c3ccccc3)[C@H]2C1. The topological polar surface area (TPSA) is 40.5 Å². The van der Waals surface area contributed by atoms with Gasteiger partial charge in [-0.25, -0.2) is 0 Å². The van der Waals surface area contributed by atoms with Gasteiger partial charge in [-0.05, 0) is 54.7 Å². The molecule has 2 aromatic rings. The van der Waals surface area contributed by atoms with Crippen LogP contribution in [0, 0.1) is 17.8 Å². The van der Waals surface area contributed by atoms with Crippen LogP contribution in [0.5, 0.6) is 0 Å². The second kappa shape index (κ2) is 6.49. The van der Waals surface area contributed by atoms with Crippen molar-refractivity contribution in [2.45, 2.75) is 37.7 Å². The number of nitrogens with zero attached hydrogens (tertiary/aromatic N) is 1. The van der Waals surface area contributed by atoms with Gasteiger partial charge in [0.05, 0.1) is 5.60 Å². The molecule has 2 fully saturated rings. The molecule has 1 amide bonds. The summed E-state index contributed by atoms with van der Waals surface area (Å²) in [6.45, 7) is 1.51. The first kappa shape index (κ1) is 17.0. The summed E-state index contributed by atoms with van der Waals surface area (Å²) in [5, 5.41) is 11.6. The number of rotatable bonds is 2. The van der Waals surface area contributed by atoms with Crippen LogP contribution in [0.1, 0.15) is 36.0 Å². The number of carbonyl (C=O) groups excluding carboxylic acids is 1. The van der Waals surface area contributed by atoms with E-state index in [1.807, 2.05) is 30.3 Å². The molecule has 1 saturated heterocycles. The zero-order valence-electron chi connectivity index (χ0n) is 15.7. The molecular weight excluding hydrogens is 334 g/mol. The molecule has 2 aliphatic carbocycles. The molecular formula is C24H27NO2. The standard InChI is InChI=1S/C24H27NO2/c26-23(20-13-17-7-4-5-8-18(17)14-20)25-15-19-9-6-12-24(27,22(19)16-25)21-10-2-1-3-11-21/h1-5,7-8,10-11,19-20,22,27H,6,9,12-16H2/t19-,22+,24+/m1/s1. The van der Waals surface area contributed by atoms with Gasteiger partial charge >= 0.3 is 0 Å². The van der Waals surface area contributed by atoms with E-state index in [0.717, 1.165) is 44.2 Å². The summed E-state index contributed by atoms with van der Waals surface area (Å²) in [5.41, 5.74) is 2.88. The molecule has 0 radical (unpaired) electrons. The summed E-state index contributed by atoms with van der Waals surface area (Å²) >= 11 is 0. The van der Waals surface area contributed by atoms with Crippen LogP contribution in [0.3, 0.4) is 0 Å². The van der Waals surface area contributed by atoms with Crippen LogP contribution in [0.15, 0.2) is 54.6 Å². The van der Waals surface area contributed by atoms with Gasteiger partial charge in [0.25, 0.3) is 0 Å². The first-order valence-corrected chi connectivity index (χ1v) is 10.3. The summed E-state index contributed by atoms with van der Waals surface area (Å²) < 4.78 is 0. The lowest BCUT2D eigenvalue weighted by molar-refractivity contribution is -0.134. The number of aliphatic hydroxyl groups is 1. The van der Waals surface area contributed by atoms with E-state index in [-0.39, 0.29) is 17.7 Å². The molecule has 1 saturated carbocycles. The summed E-state index contributed by atoms with van der Waals surface area (Å²) in [6.07, 6.45) is 4.68. The van der Waals surface area contributed by atoms with Crippen LogP contribution in [-0.2, 0) is 23.2 Å². The van der Waals surface area contributed by atoms with Crippen molar-refractivity contribution >= 4 is 5.91 Å². The third kappa shape index (κ3) is 2.80. The Morgan fingerprint density at radius 3 is 2.33 bits per heavy atom. The molecule has 2 aromatic carbocycles. The maximum Gasteiger partial charge on any atom is 0.226 e. The number of carbonyl (C=O) groups is 1. The minimum absolute atomic E-state index is 0.0763. The van der Waals surface area contributed by atoms with E-state index < -0.39 is 5.60 Å². The van der Waals surface area contributed by atoms with Crippen LogP contribution < -0.4 is 0 Å². The Hall–Kier alpha value is -2.13. The molecule has 0 aromatic heterocycles. The van der Waals surface area contributed by atoms with Crippen LogP contribution in [0.25, 0.3) is 0 Å². The highest BCUT2D eigenvalue weighted by molar-refractivity contribution is 5.81. The first-order valence-electron chi connectivity index (χ1n) is 10.3. The van der Waals surface area contributed by atoms with Gasteiger partial charge in [-0.2, -0.15) is 0 Å². The number of amides is 1. The highest BCUT2D eigenvalue weighted by atomic mass is 16.3. The Balaban J connectivity index is 1.35. The van der Waals surface area contributed by atoms with E-state index in [1.54, 1.807) is 0 Å². The van der Waals surface area contributed by atoms with Crippen molar-refractivity contribution in [3.8, 4) is 0 Å². The quantitative estimate of drug-likeness (QED) is 0.889. The van der Waals surface area contributed by atoms with E-state index >= 15 is 0 Å². The number of hydrogen-bond donors (Lipinski definition) is 1. The van der Waals surface area contributed by atoms with Gasteiger partial charge in [0.15, 0.2) is 0 Å². The highest BCUT2D eigenvalue weighted by Crippen LogP contribution is 2.48. The molecule has 3 nitrogen and oxygen atoms in total. The average molecular weight is 361 g/mol. The monoisotopic (exact) mass is 361 g/mol. The van der Waals surface area contributed by atoms with Gasteiger partial charge in [-0.15, -0.1) is 0 Å². The van der Waals surface area contributed by atoms with E-state index in [2.05, 4.69) is 29.2 Å². The molecule has 0 unspecified atom stereocenters. The van der Waals surface area contributed by atoms with Crippen molar-refractivity contribution in [2.75, 3.05) is 13.1 Å². The van der Waals surface area contributed by atoms with Gasteiger partial charge in [-0.1, -0.05) is 54.6 Å². The average Bonchev–Trinajstić information content (AvgIpc) is 3.33. The minimum Gasteiger partial charge on any atom is -0.385 e. The number of likely N-dealkylation sites (tertiary alicyclic amines) is 1. The van der Waals surface area contributed by atoms with Gasteiger partial charge in [0, 0.05) is 24.9 Å². The molecule has 1 aliphatic heterocycles. The summed E-state index contributed by atoms with van der Waals surface area (Å²) in [6, 6.07) is 18.5. The van der Waals surface area contributed by atoms with Crippen molar-refractivity contribution < 1.29 is 9.90 Å². The molecule has 3 heteroatoms.